The zero-order valence-electron chi connectivity index (χ0n) is 12.4. The number of rotatable bonds is 2. The molecular weight excluding hydrogens is 426 g/mol. The molecule has 23 heavy (non-hydrogen) atoms. The summed E-state index contributed by atoms with van der Waals surface area (Å²) < 4.78 is 0. The van der Waals surface area contributed by atoms with E-state index in [9.17, 15) is 14.4 Å². The maximum atomic E-state index is 12.9. The maximum Gasteiger partial charge on any atom is 0.238 e. The highest BCUT2D eigenvalue weighted by Crippen LogP contribution is 2.60. The molecule has 1 aliphatic heterocycles. The van der Waals surface area contributed by atoms with Gasteiger partial charge in [-0.05, 0) is 37.3 Å². The second-order valence-corrected chi connectivity index (χ2v) is 8.74. The number of imide groups is 1. The second-order valence-electron chi connectivity index (χ2n) is 6.62. The van der Waals surface area contributed by atoms with Gasteiger partial charge in [0.1, 0.15) is 0 Å². The second kappa shape index (κ2) is 5.24. The molecule has 0 aromatic heterocycles. The Hall–Kier alpha value is -1.01. The van der Waals surface area contributed by atoms with Gasteiger partial charge >= 0.3 is 0 Å². The topological polar surface area (TPSA) is 54.5 Å². The minimum Gasteiger partial charge on any atom is -0.295 e. The van der Waals surface area contributed by atoms with Crippen LogP contribution in [0.25, 0.3) is 0 Å². The van der Waals surface area contributed by atoms with Gasteiger partial charge < -0.3 is 0 Å². The number of carbonyl (C=O) groups excluding carboxylic acids is 3. The van der Waals surface area contributed by atoms with Gasteiger partial charge in [0, 0.05) is 15.2 Å². The summed E-state index contributed by atoms with van der Waals surface area (Å²) in [6.45, 7) is 1.48. The van der Waals surface area contributed by atoms with E-state index in [0.717, 1.165) is 6.42 Å². The van der Waals surface area contributed by atoms with Crippen molar-refractivity contribution >= 4 is 55.1 Å². The summed E-state index contributed by atoms with van der Waals surface area (Å²) in [5.74, 6) is -0.363. The Balaban J connectivity index is 1.73. The Morgan fingerprint density at radius 1 is 1.09 bits per heavy atom. The van der Waals surface area contributed by atoms with Gasteiger partial charge in [-0.1, -0.05) is 44.0 Å². The maximum absolute atomic E-state index is 12.9. The van der Waals surface area contributed by atoms with Gasteiger partial charge in [-0.15, -0.1) is 0 Å². The van der Waals surface area contributed by atoms with Crippen molar-refractivity contribution in [2.75, 3.05) is 4.90 Å². The van der Waals surface area contributed by atoms with E-state index in [1.807, 2.05) is 0 Å². The zero-order valence-corrected chi connectivity index (χ0v) is 15.6. The molecular formula is C17H15Br2NO3. The summed E-state index contributed by atoms with van der Waals surface area (Å²) in [5.41, 5.74) is 1.03. The van der Waals surface area contributed by atoms with Gasteiger partial charge in [-0.25, -0.2) is 0 Å². The summed E-state index contributed by atoms with van der Waals surface area (Å²) in [4.78, 5) is 39.1. The summed E-state index contributed by atoms with van der Waals surface area (Å²) >= 11 is 7.36. The smallest absolute Gasteiger partial charge is 0.238 e. The normalized spacial score (nSPS) is 38.3. The number of anilines is 1. The van der Waals surface area contributed by atoms with E-state index in [-0.39, 0.29) is 50.9 Å². The third kappa shape index (κ3) is 2.03. The number of alkyl halides is 2. The third-order valence-electron chi connectivity index (χ3n) is 5.50. The van der Waals surface area contributed by atoms with Gasteiger partial charge in [0.25, 0.3) is 0 Å². The highest BCUT2D eigenvalue weighted by Gasteiger charge is 2.66. The third-order valence-corrected chi connectivity index (χ3v) is 8.70. The number of nitrogens with zero attached hydrogens (tertiary/aromatic N) is 1. The quantitative estimate of drug-likeness (QED) is 0.403. The Bertz CT molecular complexity index is 702. The lowest BCUT2D eigenvalue weighted by Crippen LogP contribution is -2.37. The van der Waals surface area contributed by atoms with Crippen molar-refractivity contribution in [3.05, 3.63) is 29.8 Å². The molecule has 6 heteroatoms. The van der Waals surface area contributed by atoms with Crippen LogP contribution in [0.5, 0.6) is 0 Å². The van der Waals surface area contributed by atoms with Gasteiger partial charge in [-0.2, -0.15) is 0 Å². The van der Waals surface area contributed by atoms with E-state index in [1.54, 1.807) is 24.3 Å². The predicted octanol–water partition coefficient (Wildman–Crippen LogP) is 3.17. The van der Waals surface area contributed by atoms with Crippen molar-refractivity contribution in [2.24, 2.45) is 23.7 Å². The molecule has 120 valence electrons. The average Bonchev–Trinajstić information content (AvgIpc) is 3.12. The standard InChI is InChI=1S/C17H15Br2NO3/c1-7(21)8-3-2-4-9(5-8)20-16(22)12-10-6-11(13(12)17(20)23)15(19)14(10)18/h2-5,10-15H,6H2,1H3/t10-,11-,12-,13-,14-,15+/m0/s1. The molecule has 4 nitrogen and oxygen atoms in total. The van der Waals surface area contributed by atoms with Crippen LogP contribution in [0.15, 0.2) is 24.3 Å². The van der Waals surface area contributed by atoms with Crippen LogP contribution in [0.1, 0.15) is 23.7 Å². The number of carbonyl (C=O) groups is 3. The number of fused-ring (bicyclic) bond motifs is 5. The minimum atomic E-state index is -0.230. The lowest BCUT2D eigenvalue weighted by molar-refractivity contribution is -0.123. The number of hydrogen-bond donors (Lipinski definition) is 0. The first-order valence-corrected chi connectivity index (χ1v) is 9.52. The predicted molar refractivity (Wildman–Crippen MR) is 92.9 cm³/mol. The average molecular weight is 441 g/mol. The molecule has 3 fully saturated rings. The van der Waals surface area contributed by atoms with Crippen molar-refractivity contribution in [3.63, 3.8) is 0 Å². The Morgan fingerprint density at radius 3 is 2.17 bits per heavy atom. The Labute approximate surface area is 150 Å². The molecule has 2 amide bonds. The monoisotopic (exact) mass is 439 g/mol. The van der Waals surface area contributed by atoms with E-state index in [1.165, 1.54) is 11.8 Å². The van der Waals surface area contributed by atoms with Gasteiger partial charge in [0.05, 0.1) is 17.5 Å². The number of benzene rings is 1. The molecule has 2 saturated carbocycles. The number of halogens is 2. The molecule has 1 aromatic carbocycles. The number of amides is 2. The van der Waals surface area contributed by atoms with Crippen molar-refractivity contribution in [1.29, 1.82) is 0 Å². The fourth-order valence-corrected chi connectivity index (χ4v) is 6.34. The first-order valence-electron chi connectivity index (χ1n) is 7.68. The van der Waals surface area contributed by atoms with Crippen molar-refractivity contribution in [1.82, 2.24) is 0 Å². The summed E-state index contributed by atoms with van der Waals surface area (Å²) in [6.07, 6.45) is 0.917. The van der Waals surface area contributed by atoms with Crippen LogP contribution in [0.2, 0.25) is 0 Å². The number of ketones is 1. The van der Waals surface area contributed by atoms with E-state index >= 15 is 0 Å². The largest absolute Gasteiger partial charge is 0.295 e. The first-order chi connectivity index (χ1) is 10.9. The van der Waals surface area contributed by atoms with Gasteiger partial charge in [0.15, 0.2) is 5.78 Å². The van der Waals surface area contributed by atoms with Crippen LogP contribution in [0.3, 0.4) is 0 Å². The number of Topliss-reactive ketones (excluding diaryl/α,β-unsaturated/α-hetero) is 1. The van der Waals surface area contributed by atoms with Crippen LogP contribution in [-0.2, 0) is 9.59 Å². The van der Waals surface area contributed by atoms with Crippen LogP contribution < -0.4 is 4.90 Å². The molecule has 0 spiro atoms. The van der Waals surface area contributed by atoms with Crippen LogP contribution in [0.4, 0.5) is 5.69 Å². The summed E-state index contributed by atoms with van der Waals surface area (Å²) in [5, 5.41) is 0. The molecule has 4 rings (SSSR count). The molecule has 6 atom stereocenters. The van der Waals surface area contributed by atoms with Crippen LogP contribution in [-0.4, -0.2) is 27.3 Å². The van der Waals surface area contributed by atoms with E-state index < -0.39 is 0 Å². The molecule has 1 heterocycles. The summed E-state index contributed by atoms with van der Waals surface area (Å²) in [6, 6.07) is 6.78. The van der Waals surface area contributed by atoms with Crippen molar-refractivity contribution in [2.45, 2.75) is 23.0 Å². The first kappa shape index (κ1) is 15.5. The minimum absolute atomic E-state index is 0.0766. The highest BCUT2D eigenvalue weighted by molar-refractivity contribution is 9.12. The number of hydrogen-bond acceptors (Lipinski definition) is 3. The molecule has 0 radical (unpaired) electrons. The Morgan fingerprint density at radius 2 is 1.65 bits per heavy atom. The van der Waals surface area contributed by atoms with Crippen LogP contribution >= 0.6 is 31.9 Å². The lowest BCUT2D eigenvalue weighted by atomic mass is 9.81. The fourth-order valence-electron chi connectivity index (χ4n) is 4.47. The van der Waals surface area contributed by atoms with Crippen LogP contribution in [0, 0.1) is 23.7 Å². The van der Waals surface area contributed by atoms with Gasteiger partial charge in [0.2, 0.25) is 11.8 Å². The Kier molecular flexibility index (Phi) is 3.54. The van der Waals surface area contributed by atoms with E-state index in [4.69, 9.17) is 0 Å². The van der Waals surface area contributed by atoms with E-state index in [0.29, 0.717) is 11.3 Å². The molecule has 0 unspecified atom stereocenters. The molecule has 3 aliphatic rings. The molecule has 0 N–H and O–H groups in total. The highest BCUT2D eigenvalue weighted by atomic mass is 79.9. The molecule has 1 saturated heterocycles. The molecule has 2 aliphatic carbocycles. The summed E-state index contributed by atoms with van der Waals surface area (Å²) in [7, 11) is 0. The van der Waals surface area contributed by atoms with Crippen molar-refractivity contribution < 1.29 is 14.4 Å². The molecule has 2 bridgehead atoms. The zero-order chi connectivity index (χ0) is 16.5. The molecule has 1 aromatic rings. The fraction of sp³-hybridized carbons (Fsp3) is 0.471. The van der Waals surface area contributed by atoms with E-state index in [2.05, 4.69) is 31.9 Å². The van der Waals surface area contributed by atoms with Crippen molar-refractivity contribution in [3.8, 4) is 0 Å². The van der Waals surface area contributed by atoms with Gasteiger partial charge in [-0.3, -0.25) is 19.3 Å². The lowest BCUT2D eigenvalue weighted by Gasteiger charge is -2.28. The SMILES string of the molecule is CC(=O)c1cccc(N2C(=O)[C@H]3[C@@H]4C[C@H]([C@@H](Br)[C@H]4Br)[C@@H]3C2=O)c1.